The highest BCUT2D eigenvalue weighted by atomic mass is 35.5. The molecule has 2 rings (SSSR count). The van der Waals surface area contributed by atoms with Crippen LogP contribution in [0.25, 0.3) is 0 Å². The van der Waals surface area contributed by atoms with Crippen molar-refractivity contribution in [2.75, 3.05) is 23.7 Å². The summed E-state index contributed by atoms with van der Waals surface area (Å²) < 4.78 is 0. The lowest BCUT2D eigenvalue weighted by Gasteiger charge is -2.15. The molecule has 0 saturated carbocycles. The molecule has 1 radical (unpaired) electrons. The number of rotatable bonds is 1. The highest BCUT2D eigenvalue weighted by Crippen LogP contribution is 2.20. The van der Waals surface area contributed by atoms with E-state index < -0.39 is 0 Å². The molecule has 2 N–H and O–H groups in total. The Balaban J connectivity index is 2.28. The van der Waals surface area contributed by atoms with Crippen molar-refractivity contribution in [1.82, 2.24) is 9.97 Å². The van der Waals surface area contributed by atoms with Gasteiger partial charge in [-0.25, -0.2) is 4.98 Å². The molecule has 0 aliphatic carbocycles. The highest BCUT2D eigenvalue weighted by Gasteiger charge is 2.14. The van der Waals surface area contributed by atoms with Crippen molar-refractivity contribution in [2.45, 2.75) is 6.42 Å². The van der Waals surface area contributed by atoms with Gasteiger partial charge in [-0.05, 0) is 12.8 Å². The van der Waals surface area contributed by atoms with Crippen molar-refractivity contribution >= 4 is 23.4 Å². The van der Waals surface area contributed by atoms with E-state index in [4.69, 9.17) is 17.3 Å². The van der Waals surface area contributed by atoms with Gasteiger partial charge in [-0.2, -0.15) is 4.98 Å². The molecule has 1 aromatic rings. The maximum atomic E-state index is 5.76. The van der Waals surface area contributed by atoms with E-state index in [0.717, 1.165) is 25.3 Å². The summed E-state index contributed by atoms with van der Waals surface area (Å²) in [6.07, 6.45) is 3.29. The summed E-state index contributed by atoms with van der Waals surface area (Å²) in [6, 6.07) is 1.73. The highest BCUT2D eigenvalue weighted by molar-refractivity contribution is 6.29. The van der Waals surface area contributed by atoms with E-state index in [1.165, 1.54) is 0 Å². The fourth-order valence-corrected chi connectivity index (χ4v) is 1.56. The van der Waals surface area contributed by atoms with E-state index in [-0.39, 0.29) is 5.95 Å². The number of nitrogens with two attached hydrogens (primary N) is 1. The number of anilines is 2. The van der Waals surface area contributed by atoms with Crippen LogP contribution in [0.3, 0.4) is 0 Å². The van der Waals surface area contributed by atoms with Gasteiger partial charge < -0.3 is 10.6 Å². The molecular weight excluding hydrogens is 188 g/mol. The normalized spacial score (nSPS) is 16.5. The van der Waals surface area contributed by atoms with Crippen LogP contribution in [0.5, 0.6) is 0 Å². The van der Waals surface area contributed by atoms with Crippen LogP contribution in [0.15, 0.2) is 6.07 Å². The SMILES string of the molecule is Nc1nc(Cl)cc(N2C[CH]CC2)n1. The third-order valence-corrected chi connectivity index (χ3v) is 2.17. The van der Waals surface area contributed by atoms with Crippen LogP contribution in [0.1, 0.15) is 6.42 Å². The fourth-order valence-electron chi connectivity index (χ4n) is 1.38. The van der Waals surface area contributed by atoms with Crippen LogP contribution in [0.4, 0.5) is 11.8 Å². The number of nitrogen functional groups attached to an aromatic ring is 1. The van der Waals surface area contributed by atoms with E-state index in [1.807, 2.05) is 0 Å². The first-order valence-corrected chi connectivity index (χ1v) is 4.50. The summed E-state index contributed by atoms with van der Waals surface area (Å²) in [5, 5.41) is 0.398. The molecule has 0 atom stereocenters. The van der Waals surface area contributed by atoms with Crippen LogP contribution in [-0.4, -0.2) is 23.1 Å². The van der Waals surface area contributed by atoms with Gasteiger partial charge in [0.1, 0.15) is 11.0 Å². The minimum atomic E-state index is 0.231. The molecule has 1 aromatic heterocycles. The molecule has 2 heterocycles. The minimum absolute atomic E-state index is 0.231. The smallest absolute Gasteiger partial charge is 0.223 e. The molecule has 13 heavy (non-hydrogen) atoms. The van der Waals surface area contributed by atoms with E-state index in [2.05, 4.69) is 21.3 Å². The minimum Gasteiger partial charge on any atom is -0.368 e. The largest absolute Gasteiger partial charge is 0.368 e. The second kappa shape index (κ2) is 3.38. The summed E-state index contributed by atoms with van der Waals surface area (Å²) in [7, 11) is 0. The first kappa shape index (κ1) is 8.56. The van der Waals surface area contributed by atoms with Gasteiger partial charge in [0.25, 0.3) is 0 Å². The molecule has 0 spiro atoms. The van der Waals surface area contributed by atoms with Gasteiger partial charge in [0, 0.05) is 19.2 Å². The van der Waals surface area contributed by atoms with Gasteiger partial charge in [-0.1, -0.05) is 11.6 Å². The van der Waals surface area contributed by atoms with Crippen molar-refractivity contribution in [1.29, 1.82) is 0 Å². The third-order valence-electron chi connectivity index (χ3n) is 1.98. The van der Waals surface area contributed by atoms with Crippen LogP contribution in [0.2, 0.25) is 5.15 Å². The van der Waals surface area contributed by atoms with Crippen molar-refractivity contribution in [3.05, 3.63) is 17.6 Å². The van der Waals surface area contributed by atoms with E-state index >= 15 is 0 Å². The van der Waals surface area contributed by atoms with Crippen molar-refractivity contribution in [3.63, 3.8) is 0 Å². The standard InChI is InChI=1S/C8H10ClN4/c9-6-5-7(12-8(10)11-6)13-3-1-2-4-13/h1,5H,2-4H2,(H2,10,11,12). The number of nitrogens with zero attached hydrogens (tertiary/aromatic N) is 3. The van der Waals surface area contributed by atoms with E-state index in [0.29, 0.717) is 5.15 Å². The summed E-state index contributed by atoms with van der Waals surface area (Å²) in [5.74, 6) is 1.04. The number of halogens is 1. The van der Waals surface area contributed by atoms with Gasteiger partial charge in [0.15, 0.2) is 0 Å². The predicted octanol–water partition coefficient (Wildman–Crippen LogP) is 1.13. The molecule has 69 valence electrons. The Morgan fingerprint density at radius 2 is 2.31 bits per heavy atom. The lowest BCUT2D eigenvalue weighted by molar-refractivity contribution is 0.932. The van der Waals surface area contributed by atoms with E-state index in [9.17, 15) is 0 Å². The summed E-state index contributed by atoms with van der Waals surface area (Å²) in [5.41, 5.74) is 5.48. The maximum Gasteiger partial charge on any atom is 0.223 e. The molecule has 1 aliphatic heterocycles. The quantitative estimate of drug-likeness (QED) is 0.686. The monoisotopic (exact) mass is 197 g/mol. The zero-order valence-electron chi connectivity index (χ0n) is 7.07. The zero-order chi connectivity index (χ0) is 9.26. The van der Waals surface area contributed by atoms with Crippen LogP contribution in [0, 0.1) is 6.42 Å². The molecule has 4 nitrogen and oxygen atoms in total. The molecule has 5 heteroatoms. The topological polar surface area (TPSA) is 55.0 Å². The average Bonchev–Trinajstić information content (AvgIpc) is 2.53. The molecule has 0 bridgehead atoms. The number of aromatic nitrogens is 2. The van der Waals surface area contributed by atoms with Gasteiger partial charge >= 0.3 is 0 Å². The average molecular weight is 198 g/mol. The van der Waals surface area contributed by atoms with Crippen molar-refractivity contribution < 1.29 is 0 Å². The molecule has 1 aliphatic rings. The summed E-state index contributed by atoms with van der Waals surface area (Å²) >= 11 is 5.76. The van der Waals surface area contributed by atoms with Crippen molar-refractivity contribution in [3.8, 4) is 0 Å². The second-order valence-electron chi connectivity index (χ2n) is 2.93. The van der Waals surface area contributed by atoms with Gasteiger partial charge in [-0.3, -0.25) is 0 Å². The van der Waals surface area contributed by atoms with Gasteiger partial charge in [-0.15, -0.1) is 0 Å². The Kier molecular flexibility index (Phi) is 2.22. The summed E-state index contributed by atoms with van der Waals surface area (Å²) in [4.78, 5) is 10.0. The Labute approximate surface area is 81.7 Å². The first-order chi connectivity index (χ1) is 6.25. The zero-order valence-corrected chi connectivity index (χ0v) is 7.83. The Morgan fingerprint density at radius 1 is 1.46 bits per heavy atom. The molecular formula is C8H10ClN4. The Hall–Kier alpha value is -1.03. The first-order valence-electron chi connectivity index (χ1n) is 4.12. The Morgan fingerprint density at radius 3 is 2.92 bits per heavy atom. The lowest BCUT2D eigenvalue weighted by Crippen LogP contribution is -2.19. The van der Waals surface area contributed by atoms with Gasteiger partial charge in [0.05, 0.1) is 0 Å². The van der Waals surface area contributed by atoms with Gasteiger partial charge in [0.2, 0.25) is 5.95 Å². The molecule has 0 unspecified atom stereocenters. The maximum absolute atomic E-state index is 5.76. The van der Waals surface area contributed by atoms with Crippen LogP contribution in [-0.2, 0) is 0 Å². The summed E-state index contributed by atoms with van der Waals surface area (Å²) in [6.45, 7) is 1.89. The van der Waals surface area contributed by atoms with E-state index in [1.54, 1.807) is 6.07 Å². The molecule has 0 amide bonds. The lowest BCUT2D eigenvalue weighted by atomic mass is 10.4. The number of hydrogen-bond acceptors (Lipinski definition) is 4. The van der Waals surface area contributed by atoms with Crippen LogP contribution >= 0.6 is 11.6 Å². The van der Waals surface area contributed by atoms with Crippen LogP contribution < -0.4 is 10.6 Å². The van der Waals surface area contributed by atoms with Crippen molar-refractivity contribution in [2.24, 2.45) is 0 Å². The third kappa shape index (κ3) is 1.83. The second-order valence-corrected chi connectivity index (χ2v) is 3.32. The molecule has 0 aromatic carbocycles. The Bertz CT molecular complexity index is 289. The number of hydrogen-bond donors (Lipinski definition) is 1. The fraction of sp³-hybridized carbons (Fsp3) is 0.375. The molecule has 1 fully saturated rings. The predicted molar refractivity (Wildman–Crippen MR) is 52.6 cm³/mol. The molecule has 1 saturated heterocycles.